The molecule has 2 aromatic carbocycles. The molecule has 3 aromatic rings. The van der Waals surface area contributed by atoms with E-state index in [1.54, 1.807) is 36.7 Å². The number of hydrogen-bond acceptors (Lipinski definition) is 6. The molecule has 162 valence electrons. The van der Waals surface area contributed by atoms with Crippen molar-refractivity contribution in [2.24, 2.45) is 0 Å². The Hall–Kier alpha value is -3.39. The maximum absolute atomic E-state index is 12.5. The van der Waals surface area contributed by atoms with Crippen molar-refractivity contribution in [1.82, 2.24) is 10.3 Å². The van der Waals surface area contributed by atoms with Gasteiger partial charge in [0.25, 0.3) is 0 Å². The summed E-state index contributed by atoms with van der Waals surface area (Å²) in [6.07, 6.45) is 0. The van der Waals surface area contributed by atoms with Gasteiger partial charge in [-0.25, -0.2) is 14.6 Å². The van der Waals surface area contributed by atoms with Gasteiger partial charge in [0.05, 0.1) is 6.61 Å². The molecule has 0 aliphatic carbocycles. The number of thiazole rings is 1. The summed E-state index contributed by atoms with van der Waals surface area (Å²) in [4.78, 5) is 30.4. The number of carbonyl (C=O) groups is 2. The lowest BCUT2D eigenvalue weighted by molar-refractivity contribution is 0.0729. The number of amides is 2. The molecular formula is C23H25N3O4S. The van der Waals surface area contributed by atoms with Crippen molar-refractivity contribution in [2.45, 2.75) is 26.8 Å². The fourth-order valence-electron chi connectivity index (χ4n) is 2.72. The number of anilines is 1. The second-order valence-electron chi connectivity index (χ2n) is 7.04. The zero-order chi connectivity index (χ0) is 22.4. The second kappa shape index (κ2) is 10.1. The summed E-state index contributed by atoms with van der Waals surface area (Å²) in [7, 11) is 1.68. The van der Waals surface area contributed by atoms with Crippen LogP contribution >= 0.6 is 11.3 Å². The van der Waals surface area contributed by atoms with Crippen molar-refractivity contribution in [3.8, 4) is 22.1 Å². The lowest BCUT2D eigenvalue weighted by Crippen LogP contribution is -2.40. The minimum Gasteiger partial charge on any atom is -0.494 e. The van der Waals surface area contributed by atoms with Gasteiger partial charge in [0.1, 0.15) is 16.5 Å². The Morgan fingerprint density at radius 3 is 2.32 bits per heavy atom. The fourth-order valence-corrected chi connectivity index (χ4v) is 3.51. The van der Waals surface area contributed by atoms with E-state index in [0.29, 0.717) is 18.0 Å². The minimum atomic E-state index is -0.535. The highest BCUT2D eigenvalue weighted by molar-refractivity contribution is 7.13. The third-order valence-electron chi connectivity index (χ3n) is 4.28. The van der Waals surface area contributed by atoms with E-state index >= 15 is 0 Å². The Morgan fingerprint density at radius 1 is 1.06 bits per heavy atom. The Balaban J connectivity index is 1.63. The summed E-state index contributed by atoms with van der Waals surface area (Å²) in [6.45, 7) is 6.33. The predicted octanol–water partition coefficient (Wildman–Crippen LogP) is 4.98. The number of hydrogen-bond donors (Lipinski definition) is 1. The molecule has 0 aliphatic rings. The molecule has 0 saturated carbocycles. The third-order valence-corrected chi connectivity index (χ3v) is 5.17. The number of benzene rings is 2. The van der Waals surface area contributed by atoms with E-state index in [0.717, 1.165) is 16.3 Å². The third kappa shape index (κ3) is 5.82. The van der Waals surface area contributed by atoms with Crippen molar-refractivity contribution in [3.63, 3.8) is 0 Å². The molecule has 1 aromatic heterocycles. The van der Waals surface area contributed by atoms with E-state index in [2.05, 4.69) is 10.3 Å². The van der Waals surface area contributed by atoms with Crippen LogP contribution in [0.1, 0.15) is 31.3 Å². The van der Waals surface area contributed by atoms with Crippen LogP contribution in [0, 0.1) is 0 Å². The molecule has 3 rings (SSSR count). The van der Waals surface area contributed by atoms with Crippen LogP contribution in [-0.4, -0.2) is 36.7 Å². The van der Waals surface area contributed by atoms with E-state index in [9.17, 15) is 9.59 Å². The number of aromatic nitrogens is 1. The summed E-state index contributed by atoms with van der Waals surface area (Å²) in [6, 6.07) is 14.1. The lowest BCUT2D eigenvalue weighted by Gasteiger charge is -2.19. The van der Waals surface area contributed by atoms with Gasteiger partial charge >= 0.3 is 12.0 Å². The molecule has 0 saturated heterocycles. The number of carbonyl (C=O) groups excluding carboxylic acids is 2. The quantitative estimate of drug-likeness (QED) is 0.415. The van der Waals surface area contributed by atoms with Gasteiger partial charge in [0.15, 0.2) is 5.69 Å². The zero-order valence-corrected chi connectivity index (χ0v) is 18.7. The van der Waals surface area contributed by atoms with Crippen molar-refractivity contribution < 1.29 is 19.1 Å². The van der Waals surface area contributed by atoms with Crippen LogP contribution in [0.15, 0.2) is 53.9 Å². The van der Waals surface area contributed by atoms with Crippen molar-refractivity contribution in [1.29, 1.82) is 0 Å². The van der Waals surface area contributed by atoms with Crippen LogP contribution in [-0.2, 0) is 0 Å². The summed E-state index contributed by atoms with van der Waals surface area (Å²) < 4.78 is 10.9. The van der Waals surface area contributed by atoms with Gasteiger partial charge in [-0.15, -0.1) is 11.3 Å². The van der Waals surface area contributed by atoms with Gasteiger partial charge in [0, 0.05) is 29.7 Å². The monoisotopic (exact) mass is 439 g/mol. The van der Waals surface area contributed by atoms with Gasteiger partial charge in [0.2, 0.25) is 0 Å². The van der Waals surface area contributed by atoms with Gasteiger partial charge < -0.3 is 14.8 Å². The highest BCUT2D eigenvalue weighted by Gasteiger charge is 2.16. The first kappa shape index (κ1) is 22.3. The molecular weight excluding hydrogens is 414 g/mol. The molecule has 2 amide bonds. The first-order chi connectivity index (χ1) is 14.9. The van der Waals surface area contributed by atoms with E-state index in [-0.39, 0.29) is 17.8 Å². The molecule has 8 heteroatoms. The van der Waals surface area contributed by atoms with Crippen LogP contribution in [0.5, 0.6) is 11.5 Å². The fraction of sp³-hybridized carbons (Fsp3) is 0.261. The molecule has 1 heterocycles. The average molecular weight is 440 g/mol. The number of nitrogens with one attached hydrogen (secondary N) is 1. The highest BCUT2D eigenvalue weighted by Crippen LogP contribution is 2.27. The number of esters is 1. The molecule has 31 heavy (non-hydrogen) atoms. The van der Waals surface area contributed by atoms with Gasteiger partial charge in [-0.05, 0) is 69.3 Å². The lowest BCUT2D eigenvalue weighted by atomic mass is 10.2. The predicted molar refractivity (Wildman–Crippen MR) is 122 cm³/mol. The van der Waals surface area contributed by atoms with Crippen LogP contribution in [0.3, 0.4) is 0 Å². The summed E-state index contributed by atoms with van der Waals surface area (Å²) >= 11 is 1.37. The van der Waals surface area contributed by atoms with Crippen LogP contribution in [0.2, 0.25) is 0 Å². The Labute approximate surface area is 185 Å². The van der Waals surface area contributed by atoms with E-state index in [4.69, 9.17) is 9.47 Å². The van der Waals surface area contributed by atoms with Crippen LogP contribution < -0.4 is 19.7 Å². The molecule has 0 aliphatic heterocycles. The summed E-state index contributed by atoms with van der Waals surface area (Å²) in [5.41, 5.74) is 1.83. The molecule has 7 nitrogen and oxygen atoms in total. The SMILES string of the molecule is CCOc1ccc(-c2nc(C(=O)Oc3ccc(N(C)C(=O)NC(C)C)cc3)cs2)cc1. The Bertz CT molecular complexity index is 1030. The first-order valence-corrected chi connectivity index (χ1v) is 10.8. The van der Waals surface area contributed by atoms with E-state index < -0.39 is 5.97 Å². The minimum absolute atomic E-state index is 0.0424. The van der Waals surface area contributed by atoms with Crippen LogP contribution in [0.4, 0.5) is 10.5 Å². The van der Waals surface area contributed by atoms with Crippen LogP contribution in [0.25, 0.3) is 10.6 Å². The number of nitrogens with zero attached hydrogens (tertiary/aromatic N) is 2. The average Bonchev–Trinajstić information content (AvgIpc) is 3.24. The molecule has 0 unspecified atom stereocenters. The number of ether oxygens (including phenoxy) is 2. The molecule has 0 fully saturated rings. The van der Waals surface area contributed by atoms with E-state index in [1.165, 1.54) is 16.2 Å². The second-order valence-corrected chi connectivity index (χ2v) is 7.90. The van der Waals surface area contributed by atoms with Crippen molar-refractivity contribution >= 4 is 29.0 Å². The smallest absolute Gasteiger partial charge is 0.363 e. The Kier molecular flexibility index (Phi) is 7.25. The molecule has 0 atom stereocenters. The molecule has 1 N–H and O–H groups in total. The summed E-state index contributed by atoms with van der Waals surface area (Å²) in [5.74, 6) is 0.632. The van der Waals surface area contributed by atoms with Crippen molar-refractivity contribution in [3.05, 3.63) is 59.6 Å². The van der Waals surface area contributed by atoms with Crippen molar-refractivity contribution in [2.75, 3.05) is 18.6 Å². The van der Waals surface area contributed by atoms with Gasteiger partial charge in [-0.3, -0.25) is 4.90 Å². The number of rotatable bonds is 7. The standard InChI is InChI=1S/C23H25N3O4S/c1-5-29-18-10-6-16(7-11-18)21-25-20(14-31-21)22(27)30-19-12-8-17(9-13-19)26(4)23(28)24-15(2)3/h6-15H,5H2,1-4H3,(H,24,28). The largest absolute Gasteiger partial charge is 0.494 e. The number of urea groups is 1. The molecule has 0 spiro atoms. The first-order valence-electron chi connectivity index (χ1n) is 9.92. The van der Waals surface area contributed by atoms with Gasteiger partial charge in [-0.1, -0.05) is 0 Å². The summed E-state index contributed by atoms with van der Waals surface area (Å²) in [5, 5.41) is 5.22. The molecule has 0 bridgehead atoms. The van der Waals surface area contributed by atoms with E-state index in [1.807, 2.05) is 45.0 Å². The highest BCUT2D eigenvalue weighted by atomic mass is 32.1. The topological polar surface area (TPSA) is 80.8 Å². The van der Waals surface area contributed by atoms with Gasteiger partial charge in [-0.2, -0.15) is 0 Å². The normalized spacial score (nSPS) is 10.6. The maximum atomic E-state index is 12.5. The maximum Gasteiger partial charge on any atom is 0.363 e. The molecule has 0 radical (unpaired) electrons. The Morgan fingerprint density at radius 2 is 1.71 bits per heavy atom. The zero-order valence-electron chi connectivity index (χ0n) is 17.9.